The average Bonchev–Trinajstić information content (AvgIpc) is 2.82. The molecular formula is C18H21NO3S2. The van der Waals surface area contributed by atoms with Crippen LogP contribution in [0.4, 0.5) is 5.00 Å². The van der Waals surface area contributed by atoms with Crippen LogP contribution in [-0.2, 0) is 16.0 Å². The Bertz CT molecular complexity index is 735. The van der Waals surface area contributed by atoms with Crippen LogP contribution in [0.5, 0.6) is 0 Å². The zero-order valence-electron chi connectivity index (χ0n) is 14.3. The van der Waals surface area contributed by atoms with Gasteiger partial charge >= 0.3 is 5.97 Å². The van der Waals surface area contributed by atoms with Crippen molar-refractivity contribution in [3.05, 3.63) is 45.8 Å². The van der Waals surface area contributed by atoms with Crippen molar-refractivity contribution in [3.63, 3.8) is 0 Å². The molecule has 2 rings (SSSR count). The van der Waals surface area contributed by atoms with Crippen LogP contribution >= 0.6 is 23.1 Å². The van der Waals surface area contributed by atoms with Gasteiger partial charge in [-0.15, -0.1) is 23.1 Å². The molecule has 0 saturated carbocycles. The van der Waals surface area contributed by atoms with Gasteiger partial charge in [0.05, 0.1) is 18.6 Å². The topological polar surface area (TPSA) is 55.4 Å². The van der Waals surface area contributed by atoms with E-state index < -0.39 is 0 Å². The number of ether oxygens (including phenoxy) is 1. The first-order chi connectivity index (χ1) is 11.5. The lowest BCUT2D eigenvalue weighted by molar-refractivity contribution is -0.115. The van der Waals surface area contributed by atoms with E-state index in [4.69, 9.17) is 4.74 Å². The number of anilines is 1. The highest BCUT2D eigenvalue weighted by molar-refractivity contribution is 7.98. The molecule has 0 bridgehead atoms. The predicted molar refractivity (Wildman–Crippen MR) is 100 cm³/mol. The highest BCUT2D eigenvalue weighted by Gasteiger charge is 2.22. The zero-order valence-corrected chi connectivity index (χ0v) is 15.9. The minimum Gasteiger partial charge on any atom is -0.462 e. The van der Waals surface area contributed by atoms with Gasteiger partial charge in [0.25, 0.3) is 0 Å². The Balaban J connectivity index is 2.13. The molecule has 0 aliphatic carbocycles. The largest absolute Gasteiger partial charge is 0.462 e. The van der Waals surface area contributed by atoms with Crippen LogP contribution < -0.4 is 5.32 Å². The van der Waals surface area contributed by atoms with E-state index in [-0.39, 0.29) is 18.3 Å². The molecule has 0 atom stereocenters. The molecule has 1 aromatic heterocycles. The molecule has 1 amide bonds. The van der Waals surface area contributed by atoms with Gasteiger partial charge in [0.2, 0.25) is 5.91 Å². The number of carbonyl (C=O) groups excluding carboxylic acids is 2. The van der Waals surface area contributed by atoms with Crippen LogP contribution in [0.25, 0.3) is 0 Å². The van der Waals surface area contributed by atoms with Gasteiger partial charge in [-0.2, -0.15) is 0 Å². The predicted octanol–water partition coefficient (Wildman–Crippen LogP) is 4.44. The highest BCUT2D eigenvalue weighted by atomic mass is 32.2. The first kappa shape index (κ1) is 18.5. The summed E-state index contributed by atoms with van der Waals surface area (Å²) in [6, 6.07) is 7.89. The van der Waals surface area contributed by atoms with Gasteiger partial charge in [-0.3, -0.25) is 4.79 Å². The lowest BCUT2D eigenvalue weighted by atomic mass is 10.1. The lowest BCUT2D eigenvalue weighted by Crippen LogP contribution is -2.16. The molecule has 1 aromatic carbocycles. The number of carbonyl (C=O) groups is 2. The van der Waals surface area contributed by atoms with Gasteiger partial charge in [0.15, 0.2) is 0 Å². The van der Waals surface area contributed by atoms with Crippen molar-refractivity contribution >= 4 is 40.0 Å². The number of amides is 1. The fourth-order valence-electron chi connectivity index (χ4n) is 2.26. The Morgan fingerprint density at radius 1 is 1.21 bits per heavy atom. The second kappa shape index (κ2) is 8.35. The summed E-state index contributed by atoms with van der Waals surface area (Å²) in [5.41, 5.74) is 2.26. The Kier molecular flexibility index (Phi) is 6.45. The smallest absolute Gasteiger partial charge is 0.341 e. The average molecular weight is 364 g/mol. The number of thiophene rings is 1. The van der Waals surface area contributed by atoms with E-state index in [0.29, 0.717) is 17.2 Å². The van der Waals surface area contributed by atoms with Crippen molar-refractivity contribution in [3.8, 4) is 0 Å². The van der Waals surface area contributed by atoms with Gasteiger partial charge < -0.3 is 10.1 Å². The number of rotatable bonds is 6. The molecule has 2 aromatic rings. The van der Waals surface area contributed by atoms with Crippen LogP contribution in [0.3, 0.4) is 0 Å². The van der Waals surface area contributed by atoms with E-state index in [1.807, 2.05) is 44.4 Å². The number of nitrogens with one attached hydrogen (secondary N) is 1. The highest BCUT2D eigenvalue weighted by Crippen LogP contribution is 2.33. The summed E-state index contributed by atoms with van der Waals surface area (Å²) in [6.45, 7) is 5.87. The molecule has 0 aliphatic heterocycles. The molecule has 0 unspecified atom stereocenters. The summed E-state index contributed by atoms with van der Waals surface area (Å²) >= 11 is 3.07. The third-order valence-electron chi connectivity index (χ3n) is 3.64. The Morgan fingerprint density at radius 3 is 2.46 bits per heavy atom. The minimum absolute atomic E-state index is 0.140. The van der Waals surface area contributed by atoms with Crippen molar-refractivity contribution in [2.24, 2.45) is 0 Å². The molecular weight excluding hydrogens is 342 g/mol. The van der Waals surface area contributed by atoms with Gasteiger partial charge in [-0.25, -0.2) is 4.79 Å². The maximum atomic E-state index is 12.3. The minimum atomic E-state index is -0.390. The third kappa shape index (κ3) is 4.39. The molecule has 24 heavy (non-hydrogen) atoms. The molecule has 0 radical (unpaired) electrons. The second-order valence-corrected chi connectivity index (χ2v) is 7.39. The number of thioether (sulfide) groups is 1. The van der Waals surface area contributed by atoms with Crippen LogP contribution in [0.15, 0.2) is 29.2 Å². The van der Waals surface area contributed by atoms with Gasteiger partial charge in [0, 0.05) is 9.77 Å². The number of aryl methyl sites for hydroxylation is 1. The maximum Gasteiger partial charge on any atom is 0.341 e. The molecule has 0 aliphatic rings. The van der Waals surface area contributed by atoms with E-state index in [0.717, 1.165) is 20.9 Å². The molecule has 1 N–H and O–H groups in total. The quantitative estimate of drug-likeness (QED) is 0.609. The van der Waals surface area contributed by atoms with E-state index in [9.17, 15) is 9.59 Å². The van der Waals surface area contributed by atoms with E-state index >= 15 is 0 Å². The molecule has 4 nitrogen and oxygen atoms in total. The summed E-state index contributed by atoms with van der Waals surface area (Å²) in [6.07, 6.45) is 2.28. The summed E-state index contributed by atoms with van der Waals surface area (Å²) in [4.78, 5) is 26.6. The molecule has 0 fully saturated rings. The molecule has 6 heteroatoms. The summed E-state index contributed by atoms with van der Waals surface area (Å²) in [5.74, 6) is -0.530. The summed E-state index contributed by atoms with van der Waals surface area (Å²) in [7, 11) is 0. The van der Waals surface area contributed by atoms with Crippen LogP contribution in [0, 0.1) is 13.8 Å². The fraction of sp³-hybridized carbons (Fsp3) is 0.333. The SMILES string of the molecule is CCOC(=O)c1c(NC(=O)Cc2ccc(SC)cc2)sc(C)c1C. The van der Waals surface area contributed by atoms with Gasteiger partial charge in [-0.1, -0.05) is 12.1 Å². The molecule has 0 spiro atoms. The number of benzene rings is 1. The van der Waals surface area contributed by atoms with E-state index in [1.165, 1.54) is 11.3 Å². The molecule has 1 heterocycles. The van der Waals surface area contributed by atoms with Gasteiger partial charge in [-0.05, 0) is 50.3 Å². The Labute approximate surface area is 150 Å². The normalized spacial score (nSPS) is 10.5. The Morgan fingerprint density at radius 2 is 1.88 bits per heavy atom. The Hall–Kier alpha value is -1.79. The van der Waals surface area contributed by atoms with Crippen molar-refractivity contribution < 1.29 is 14.3 Å². The van der Waals surface area contributed by atoms with Crippen molar-refractivity contribution in [1.29, 1.82) is 0 Å². The third-order valence-corrected chi connectivity index (χ3v) is 5.51. The standard InChI is InChI=1S/C18H21NO3S2/c1-5-22-18(21)16-11(2)12(3)24-17(16)19-15(20)10-13-6-8-14(23-4)9-7-13/h6-9H,5,10H2,1-4H3,(H,19,20). The molecule has 128 valence electrons. The van der Waals surface area contributed by atoms with Crippen molar-refractivity contribution in [2.45, 2.75) is 32.1 Å². The van der Waals surface area contributed by atoms with Crippen LogP contribution in [0.2, 0.25) is 0 Å². The first-order valence-electron chi connectivity index (χ1n) is 7.66. The molecule has 0 saturated heterocycles. The maximum absolute atomic E-state index is 12.3. The van der Waals surface area contributed by atoms with E-state index in [2.05, 4.69) is 5.32 Å². The number of esters is 1. The fourth-order valence-corrected chi connectivity index (χ4v) is 3.74. The van der Waals surface area contributed by atoms with Gasteiger partial charge in [0.1, 0.15) is 5.00 Å². The van der Waals surface area contributed by atoms with Crippen molar-refractivity contribution in [1.82, 2.24) is 0 Å². The monoisotopic (exact) mass is 363 g/mol. The van der Waals surface area contributed by atoms with E-state index in [1.54, 1.807) is 18.7 Å². The first-order valence-corrected chi connectivity index (χ1v) is 9.70. The lowest BCUT2D eigenvalue weighted by Gasteiger charge is -2.07. The number of hydrogen-bond acceptors (Lipinski definition) is 5. The van der Waals surface area contributed by atoms with Crippen LogP contribution in [0.1, 0.15) is 33.3 Å². The summed E-state index contributed by atoms with van der Waals surface area (Å²) in [5, 5.41) is 3.43. The second-order valence-electron chi connectivity index (χ2n) is 5.28. The zero-order chi connectivity index (χ0) is 17.7. The number of hydrogen-bond donors (Lipinski definition) is 1. The van der Waals surface area contributed by atoms with Crippen LogP contribution in [-0.4, -0.2) is 24.7 Å². The van der Waals surface area contributed by atoms with Crippen molar-refractivity contribution in [2.75, 3.05) is 18.2 Å². The summed E-state index contributed by atoms with van der Waals surface area (Å²) < 4.78 is 5.10.